The fourth-order valence-corrected chi connectivity index (χ4v) is 5.73. The number of aromatic nitrogens is 1. The quantitative estimate of drug-likeness (QED) is 0.753. The zero-order valence-corrected chi connectivity index (χ0v) is 17.6. The summed E-state index contributed by atoms with van der Waals surface area (Å²) in [5, 5.41) is 10.1. The molecule has 30 heavy (non-hydrogen) atoms. The van der Waals surface area contributed by atoms with E-state index >= 15 is 0 Å². The van der Waals surface area contributed by atoms with E-state index in [-0.39, 0.29) is 24.2 Å². The lowest BCUT2D eigenvalue weighted by atomic mass is 9.83. The largest absolute Gasteiger partial charge is 0.481 e. The highest BCUT2D eigenvalue weighted by atomic mass is 16.5. The van der Waals surface area contributed by atoms with Gasteiger partial charge in [-0.25, -0.2) is 4.98 Å². The predicted octanol–water partition coefficient (Wildman–Crippen LogP) is 1.83. The molecule has 0 radical (unpaired) electrons. The van der Waals surface area contributed by atoms with Crippen LogP contribution in [0.2, 0.25) is 0 Å². The maximum absolute atomic E-state index is 10.1. The van der Waals surface area contributed by atoms with E-state index in [0.717, 1.165) is 51.4 Å². The number of aliphatic hydroxyl groups is 1. The van der Waals surface area contributed by atoms with Crippen molar-refractivity contribution in [2.75, 3.05) is 46.4 Å². The number of ether oxygens (including phenoxy) is 2. The van der Waals surface area contributed by atoms with Crippen molar-refractivity contribution in [1.29, 1.82) is 0 Å². The molecule has 1 aromatic carbocycles. The van der Waals surface area contributed by atoms with Crippen LogP contribution in [-0.2, 0) is 17.7 Å². The van der Waals surface area contributed by atoms with E-state index in [9.17, 15) is 5.11 Å². The van der Waals surface area contributed by atoms with Crippen molar-refractivity contribution in [3.63, 3.8) is 0 Å². The van der Waals surface area contributed by atoms with E-state index in [4.69, 9.17) is 9.47 Å². The first-order valence-electron chi connectivity index (χ1n) is 11.0. The molecule has 1 N–H and O–H groups in total. The van der Waals surface area contributed by atoms with Crippen molar-refractivity contribution < 1.29 is 14.6 Å². The Morgan fingerprint density at radius 3 is 2.73 bits per heavy atom. The smallest absolute Gasteiger partial charge is 0.213 e. The summed E-state index contributed by atoms with van der Waals surface area (Å²) in [6.45, 7) is 5.73. The van der Waals surface area contributed by atoms with E-state index in [0.29, 0.717) is 11.8 Å². The molecule has 6 nitrogen and oxygen atoms in total. The van der Waals surface area contributed by atoms with Crippen LogP contribution >= 0.6 is 0 Å². The van der Waals surface area contributed by atoms with Gasteiger partial charge in [0.15, 0.2) is 0 Å². The molecule has 5 rings (SSSR count). The average molecular weight is 410 g/mol. The van der Waals surface area contributed by atoms with Crippen LogP contribution in [-0.4, -0.2) is 78.0 Å². The van der Waals surface area contributed by atoms with Crippen LogP contribution in [0.4, 0.5) is 0 Å². The first-order chi connectivity index (χ1) is 14.7. The number of morpholine rings is 1. The summed E-state index contributed by atoms with van der Waals surface area (Å²) < 4.78 is 11.9. The zero-order chi connectivity index (χ0) is 20.6. The molecule has 4 heterocycles. The molecular formula is C24H31N3O3. The zero-order valence-electron chi connectivity index (χ0n) is 17.6. The van der Waals surface area contributed by atoms with Crippen LogP contribution < -0.4 is 4.74 Å². The second kappa shape index (κ2) is 8.27. The summed E-state index contributed by atoms with van der Waals surface area (Å²) >= 11 is 0. The topological polar surface area (TPSA) is 58.1 Å². The van der Waals surface area contributed by atoms with E-state index in [1.54, 1.807) is 7.11 Å². The Labute approximate surface area is 178 Å². The van der Waals surface area contributed by atoms with E-state index < -0.39 is 0 Å². The van der Waals surface area contributed by atoms with Gasteiger partial charge in [0.2, 0.25) is 5.88 Å². The molecule has 0 saturated carbocycles. The lowest BCUT2D eigenvalue weighted by molar-refractivity contribution is -0.119. The fraction of sp³-hybridized carbons (Fsp3) is 0.542. The minimum Gasteiger partial charge on any atom is -0.481 e. The van der Waals surface area contributed by atoms with Gasteiger partial charge in [-0.3, -0.25) is 9.80 Å². The van der Waals surface area contributed by atoms with Gasteiger partial charge in [-0.05, 0) is 18.1 Å². The Bertz CT molecular complexity index is 864. The van der Waals surface area contributed by atoms with Gasteiger partial charge in [0, 0.05) is 63.8 Å². The summed E-state index contributed by atoms with van der Waals surface area (Å²) in [4.78, 5) is 9.58. The van der Waals surface area contributed by atoms with Crippen molar-refractivity contribution in [2.24, 2.45) is 11.8 Å². The van der Waals surface area contributed by atoms with Crippen LogP contribution in [0, 0.1) is 11.8 Å². The lowest BCUT2D eigenvalue weighted by Gasteiger charge is -2.40. The number of fused-ring (bicyclic) bond motifs is 1. The Morgan fingerprint density at radius 2 is 1.93 bits per heavy atom. The van der Waals surface area contributed by atoms with Crippen LogP contribution in [0.5, 0.6) is 5.88 Å². The van der Waals surface area contributed by atoms with Crippen molar-refractivity contribution >= 4 is 0 Å². The summed E-state index contributed by atoms with van der Waals surface area (Å²) in [5.74, 6) is 1.27. The van der Waals surface area contributed by atoms with Gasteiger partial charge in [0.25, 0.3) is 0 Å². The molecule has 160 valence electrons. The molecule has 3 aliphatic heterocycles. The van der Waals surface area contributed by atoms with E-state index in [2.05, 4.69) is 51.2 Å². The fourth-order valence-electron chi connectivity index (χ4n) is 5.73. The Hall–Kier alpha value is -1.99. The van der Waals surface area contributed by atoms with Gasteiger partial charge in [-0.15, -0.1) is 0 Å². The normalized spacial score (nSPS) is 31.1. The van der Waals surface area contributed by atoms with E-state index in [1.807, 2.05) is 12.1 Å². The number of methoxy groups -OCH3 is 1. The molecule has 0 aliphatic carbocycles. The van der Waals surface area contributed by atoms with Gasteiger partial charge in [0.1, 0.15) is 0 Å². The summed E-state index contributed by atoms with van der Waals surface area (Å²) in [6, 6.07) is 16.6. The highest BCUT2D eigenvalue weighted by Gasteiger charge is 2.61. The van der Waals surface area contributed by atoms with Crippen LogP contribution in [0.15, 0.2) is 48.5 Å². The summed E-state index contributed by atoms with van der Waals surface area (Å²) in [7, 11) is 1.65. The molecule has 3 saturated heterocycles. The van der Waals surface area contributed by atoms with Gasteiger partial charge < -0.3 is 14.6 Å². The van der Waals surface area contributed by atoms with Gasteiger partial charge >= 0.3 is 0 Å². The Balaban J connectivity index is 1.28. The minimum absolute atomic E-state index is 0.107. The number of nitrogens with zero attached hydrogens (tertiary/aromatic N) is 3. The molecule has 6 heteroatoms. The second-order valence-electron chi connectivity index (χ2n) is 8.99. The summed E-state index contributed by atoms with van der Waals surface area (Å²) in [5.41, 5.74) is 2.22. The average Bonchev–Trinajstić information content (AvgIpc) is 3.20. The third kappa shape index (κ3) is 3.73. The van der Waals surface area contributed by atoms with Gasteiger partial charge in [-0.2, -0.15) is 0 Å². The molecular weight excluding hydrogens is 378 g/mol. The molecule has 0 amide bonds. The number of benzene rings is 1. The maximum Gasteiger partial charge on any atom is 0.213 e. The third-order valence-electron chi connectivity index (χ3n) is 7.08. The highest BCUT2D eigenvalue weighted by molar-refractivity contribution is 5.18. The van der Waals surface area contributed by atoms with Gasteiger partial charge in [0.05, 0.1) is 24.5 Å². The first-order valence-corrected chi connectivity index (χ1v) is 11.0. The number of likely N-dealkylation sites (tertiary alicyclic amines) is 2. The van der Waals surface area contributed by atoms with Crippen molar-refractivity contribution in [3.8, 4) is 5.88 Å². The minimum atomic E-state index is -0.175. The monoisotopic (exact) mass is 409 g/mol. The number of pyridine rings is 1. The first kappa shape index (κ1) is 19.9. The van der Waals surface area contributed by atoms with Gasteiger partial charge in [-0.1, -0.05) is 36.4 Å². The van der Waals surface area contributed by atoms with E-state index in [1.165, 1.54) is 5.56 Å². The molecule has 2 bridgehead atoms. The molecule has 1 spiro atoms. The summed E-state index contributed by atoms with van der Waals surface area (Å²) in [6.07, 6.45) is 1.16. The van der Waals surface area contributed by atoms with Crippen molar-refractivity contribution in [1.82, 2.24) is 14.8 Å². The third-order valence-corrected chi connectivity index (χ3v) is 7.08. The standard InChI is InChI=1S/C24H31N3O3/c1-29-23-9-5-8-19(25-23)12-27-14-22-20(15-28)21-13-26(16-24(21,17-27)30-22)11-10-18-6-3-2-4-7-18/h2-9,20-22,28H,10-17H2,1H3/t20-,21+,22+,24-/m0/s1. The van der Waals surface area contributed by atoms with Crippen LogP contribution in [0.3, 0.4) is 0 Å². The number of hydrogen-bond donors (Lipinski definition) is 1. The number of aliphatic hydroxyl groups excluding tert-OH is 1. The molecule has 4 atom stereocenters. The number of rotatable bonds is 7. The second-order valence-corrected chi connectivity index (χ2v) is 8.99. The Morgan fingerprint density at radius 1 is 1.10 bits per heavy atom. The lowest BCUT2D eigenvalue weighted by Crippen LogP contribution is -2.53. The Kier molecular flexibility index (Phi) is 5.50. The van der Waals surface area contributed by atoms with Crippen LogP contribution in [0.1, 0.15) is 11.3 Å². The highest BCUT2D eigenvalue weighted by Crippen LogP contribution is 2.49. The molecule has 3 fully saturated rings. The SMILES string of the molecule is COc1cccc(CN2C[C@H]3O[C@@]4(CN(CCc5ccccc5)C[C@@H]4[C@@H]3CO)C2)n1. The van der Waals surface area contributed by atoms with Crippen molar-refractivity contribution in [3.05, 3.63) is 59.8 Å². The molecule has 0 unspecified atom stereocenters. The number of hydrogen-bond acceptors (Lipinski definition) is 6. The van der Waals surface area contributed by atoms with Crippen molar-refractivity contribution in [2.45, 2.75) is 24.7 Å². The maximum atomic E-state index is 10.1. The van der Waals surface area contributed by atoms with Crippen LogP contribution in [0.25, 0.3) is 0 Å². The molecule has 1 aromatic heterocycles. The molecule has 3 aliphatic rings. The molecule has 2 aromatic rings. The predicted molar refractivity (Wildman–Crippen MR) is 114 cm³/mol.